The Balaban J connectivity index is 2.71. The predicted octanol–water partition coefficient (Wildman–Crippen LogP) is 1.97. The molecule has 0 radical (unpaired) electrons. The van der Waals surface area contributed by atoms with Crippen LogP contribution >= 0.6 is 0 Å². The van der Waals surface area contributed by atoms with Crippen LogP contribution in [0.1, 0.15) is 30.4 Å². The van der Waals surface area contributed by atoms with Crippen LogP contribution in [0.2, 0.25) is 0 Å². The van der Waals surface area contributed by atoms with Gasteiger partial charge in [-0.25, -0.2) is 0 Å². The Bertz CT molecular complexity index is 289. The topological polar surface area (TPSA) is 43.1 Å². The van der Waals surface area contributed by atoms with E-state index in [0.717, 1.165) is 0 Å². The second-order valence-corrected chi connectivity index (χ2v) is 3.48. The average molecular weight is 177 g/mol. The lowest BCUT2D eigenvalue weighted by Crippen LogP contribution is -2.13. The highest BCUT2D eigenvalue weighted by molar-refractivity contribution is 5.74. The first-order valence-corrected chi connectivity index (χ1v) is 4.44. The zero-order valence-corrected chi connectivity index (χ0v) is 8.08. The Kier molecular flexibility index (Phi) is 3.07. The highest BCUT2D eigenvalue weighted by Crippen LogP contribution is 2.18. The lowest BCUT2D eigenvalue weighted by atomic mass is 9.97. The van der Waals surface area contributed by atoms with E-state index in [0.29, 0.717) is 6.42 Å². The summed E-state index contributed by atoms with van der Waals surface area (Å²) >= 11 is 0. The third-order valence-electron chi connectivity index (χ3n) is 2.15. The fourth-order valence-corrected chi connectivity index (χ4v) is 1.31. The lowest BCUT2D eigenvalue weighted by Gasteiger charge is -2.09. The molecular formula is C11H15NO. The molecule has 1 rings (SSSR count). The van der Waals surface area contributed by atoms with Crippen LogP contribution in [-0.2, 0) is 4.79 Å². The van der Waals surface area contributed by atoms with E-state index in [1.807, 2.05) is 38.1 Å². The summed E-state index contributed by atoms with van der Waals surface area (Å²) in [6.45, 7) is 4.05. The van der Waals surface area contributed by atoms with Gasteiger partial charge in [-0.3, -0.25) is 4.79 Å². The molecule has 13 heavy (non-hydrogen) atoms. The minimum absolute atomic E-state index is 0.220. The van der Waals surface area contributed by atoms with Gasteiger partial charge in [-0.05, 0) is 18.4 Å². The van der Waals surface area contributed by atoms with E-state index in [4.69, 9.17) is 5.73 Å². The first-order valence-electron chi connectivity index (χ1n) is 4.44. The van der Waals surface area contributed by atoms with Crippen molar-refractivity contribution in [2.75, 3.05) is 0 Å². The summed E-state index contributed by atoms with van der Waals surface area (Å²) < 4.78 is 0. The number of carbonyl (C=O) groups excluding carboxylic acids is 1. The van der Waals surface area contributed by atoms with Gasteiger partial charge >= 0.3 is 0 Å². The number of rotatable bonds is 3. The molecule has 0 aliphatic rings. The molecule has 1 amide bonds. The molecule has 2 N–H and O–H groups in total. The fraction of sp³-hybridized carbons (Fsp3) is 0.364. The van der Waals surface area contributed by atoms with Gasteiger partial charge in [-0.15, -0.1) is 0 Å². The van der Waals surface area contributed by atoms with Gasteiger partial charge in [0.15, 0.2) is 0 Å². The first-order chi connectivity index (χ1) is 6.09. The Labute approximate surface area is 78.8 Å². The summed E-state index contributed by atoms with van der Waals surface area (Å²) in [6, 6.07) is 8.19. The van der Waals surface area contributed by atoms with Gasteiger partial charge in [0, 0.05) is 6.42 Å². The standard InChI is InChI=1S/C11H15NO/c1-8-3-5-10(6-4-8)9(2)7-11(12)13/h3-6,9H,7H2,1-2H3,(H2,12,13)/t9-/m0/s1. The van der Waals surface area contributed by atoms with Gasteiger partial charge in [-0.1, -0.05) is 36.8 Å². The van der Waals surface area contributed by atoms with Crippen molar-refractivity contribution in [1.82, 2.24) is 0 Å². The van der Waals surface area contributed by atoms with Gasteiger partial charge in [-0.2, -0.15) is 0 Å². The van der Waals surface area contributed by atoms with Crippen LogP contribution in [0.5, 0.6) is 0 Å². The third-order valence-corrected chi connectivity index (χ3v) is 2.15. The van der Waals surface area contributed by atoms with E-state index in [2.05, 4.69) is 0 Å². The number of aryl methyl sites for hydroxylation is 1. The molecule has 2 nitrogen and oxygen atoms in total. The molecule has 1 aromatic carbocycles. The normalized spacial score (nSPS) is 12.5. The van der Waals surface area contributed by atoms with Crippen LogP contribution in [-0.4, -0.2) is 5.91 Å². The van der Waals surface area contributed by atoms with Gasteiger partial charge < -0.3 is 5.73 Å². The van der Waals surface area contributed by atoms with Gasteiger partial charge in [0.05, 0.1) is 0 Å². The van der Waals surface area contributed by atoms with Crippen molar-refractivity contribution >= 4 is 5.91 Å². The Hall–Kier alpha value is -1.31. The monoisotopic (exact) mass is 177 g/mol. The quantitative estimate of drug-likeness (QED) is 0.753. The van der Waals surface area contributed by atoms with E-state index < -0.39 is 0 Å². The molecule has 0 saturated heterocycles. The average Bonchev–Trinajstić information content (AvgIpc) is 2.04. The number of primary amides is 1. The van der Waals surface area contributed by atoms with Crippen LogP contribution in [0.3, 0.4) is 0 Å². The van der Waals surface area contributed by atoms with Gasteiger partial charge in [0.2, 0.25) is 5.91 Å². The van der Waals surface area contributed by atoms with Gasteiger partial charge in [0.1, 0.15) is 0 Å². The predicted molar refractivity (Wildman–Crippen MR) is 53.4 cm³/mol. The number of hydrogen-bond acceptors (Lipinski definition) is 1. The Morgan fingerprint density at radius 3 is 2.38 bits per heavy atom. The van der Waals surface area contributed by atoms with Crippen LogP contribution in [0.4, 0.5) is 0 Å². The SMILES string of the molecule is Cc1ccc([C@@H](C)CC(N)=O)cc1. The zero-order chi connectivity index (χ0) is 9.84. The molecule has 0 aliphatic carbocycles. The maximum absolute atomic E-state index is 10.7. The number of hydrogen-bond donors (Lipinski definition) is 1. The van der Waals surface area contributed by atoms with E-state index >= 15 is 0 Å². The summed E-state index contributed by atoms with van der Waals surface area (Å²) in [5, 5.41) is 0. The molecule has 0 unspecified atom stereocenters. The van der Waals surface area contributed by atoms with Crippen molar-refractivity contribution in [3.8, 4) is 0 Å². The lowest BCUT2D eigenvalue weighted by molar-refractivity contribution is -0.118. The summed E-state index contributed by atoms with van der Waals surface area (Å²) in [5.74, 6) is -0.0221. The molecule has 0 bridgehead atoms. The Morgan fingerprint density at radius 2 is 1.92 bits per heavy atom. The summed E-state index contributed by atoms with van der Waals surface area (Å²) in [5.41, 5.74) is 7.52. The van der Waals surface area contributed by atoms with E-state index in [-0.39, 0.29) is 11.8 Å². The molecule has 70 valence electrons. The minimum atomic E-state index is -0.243. The molecule has 2 heteroatoms. The van der Waals surface area contributed by atoms with Crippen molar-refractivity contribution in [3.63, 3.8) is 0 Å². The minimum Gasteiger partial charge on any atom is -0.370 e. The number of benzene rings is 1. The molecule has 0 heterocycles. The van der Waals surface area contributed by atoms with Crippen molar-refractivity contribution in [2.24, 2.45) is 5.73 Å². The molecule has 1 aromatic rings. The number of nitrogens with two attached hydrogens (primary N) is 1. The van der Waals surface area contributed by atoms with Crippen molar-refractivity contribution in [3.05, 3.63) is 35.4 Å². The third kappa shape index (κ3) is 2.90. The molecule has 0 fully saturated rings. The first kappa shape index (κ1) is 9.78. The molecule has 0 aromatic heterocycles. The van der Waals surface area contributed by atoms with Crippen molar-refractivity contribution < 1.29 is 4.79 Å². The second kappa shape index (κ2) is 4.08. The molecular weight excluding hydrogens is 162 g/mol. The molecule has 0 saturated carbocycles. The largest absolute Gasteiger partial charge is 0.370 e. The number of amides is 1. The van der Waals surface area contributed by atoms with Crippen LogP contribution in [0.25, 0.3) is 0 Å². The van der Waals surface area contributed by atoms with Crippen molar-refractivity contribution in [1.29, 1.82) is 0 Å². The van der Waals surface area contributed by atoms with Crippen LogP contribution < -0.4 is 5.73 Å². The number of carbonyl (C=O) groups is 1. The molecule has 0 spiro atoms. The molecule has 1 atom stereocenters. The summed E-state index contributed by atoms with van der Waals surface area (Å²) in [7, 11) is 0. The highest BCUT2D eigenvalue weighted by Gasteiger charge is 2.07. The molecule has 0 aliphatic heterocycles. The van der Waals surface area contributed by atoms with E-state index in [1.54, 1.807) is 0 Å². The fourth-order valence-electron chi connectivity index (χ4n) is 1.31. The summed E-state index contributed by atoms with van der Waals surface area (Å²) in [6.07, 6.45) is 0.420. The Morgan fingerprint density at radius 1 is 1.38 bits per heavy atom. The maximum atomic E-state index is 10.7. The van der Waals surface area contributed by atoms with Gasteiger partial charge in [0.25, 0.3) is 0 Å². The smallest absolute Gasteiger partial charge is 0.218 e. The van der Waals surface area contributed by atoms with Crippen LogP contribution in [0.15, 0.2) is 24.3 Å². The van der Waals surface area contributed by atoms with Crippen molar-refractivity contribution in [2.45, 2.75) is 26.2 Å². The van der Waals surface area contributed by atoms with E-state index in [9.17, 15) is 4.79 Å². The van der Waals surface area contributed by atoms with Crippen LogP contribution in [0, 0.1) is 6.92 Å². The highest BCUT2D eigenvalue weighted by atomic mass is 16.1. The van der Waals surface area contributed by atoms with E-state index in [1.165, 1.54) is 11.1 Å². The zero-order valence-electron chi connectivity index (χ0n) is 8.08. The second-order valence-electron chi connectivity index (χ2n) is 3.48. The summed E-state index contributed by atoms with van der Waals surface area (Å²) in [4.78, 5) is 10.7. The maximum Gasteiger partial charge on any atom is 0.218 e.